The summed E-state index contributed by atoms with van der Waals surface area (Å²) in [5, 5.41) is 13.9. The number of benzene rings is 3. The Morgan fingerprint density at radius 3 is 1.95 bits per heavy atom. The van der Waals surface area contributed by atoms with Gasteiger partial charge in [-0.2, -0.15) is 0 Å². The molecule has 1 aromatic heterocycles. The van der Waals surface area contributed by atoms with Crippen LogP contribution in [0.4, 0.5) is 0 Å². The lowest BCUT2D eigenvalue weighted by Crippen LogP contribution is -2.43. The van der Waals surface area contributed by atoms with E-state index in [4.69, 9.17) is 9.47 Å². The molecule has 1 fully saturated rings. The highest BCUT2D eigenvalue weighted by Crippen LogP contribution is 2.27. The minimum Gasteiger partial charge on any atom is -0.492 e. The molecule has 0 saturated heterocycles. The number of imidazole rings is 1. The monoisotopic (exact) mass is 499 g/mol. The summed E-state index contributed by atoms with van der Waals surface area (Å²) in [5.74, 6) is 2.21. The minimum atomic E-state index is -0.568. The maximum Gasteiger partial charge on any atom is 0.337 e. The Labute approximate surface area is 216 Å². The molecule has 3 aromatic carbocycles. The van der Waals surface area contributed by atoms with Gasteiger partial charge in [-0.1, -0.05) is 37.5 Å². The molecular weight excluding hydrogens is 466 g/mol. The van der Waals surface area contributed by atoms with Gasteiger partial charge in [0, 0.05) is 25.5 Å². The van der Waals surface area contributed by atoms with Gasteiger partial charge in [-0.3, -0.25) is 9.13 Å². The predicted molar refractivity (Wildman–Crippen MR) is 144 cm³/mol. The second-order valence-corrected chi connectivity index (χ2v) is 9.53. The maximum absolute atomic E-state index is 13.1. The zero-order valence-electron chi connectivity index (χ0n) is 20.9. The highest BCUT2D eigenvalue weighted by atomic mass is 16.5. The van der Waals surface area contributed by atoms with Crippen LogP contribution in [0.15, 0.2) is 96.1 Å². The van der Waals surface area contributed by atoms with Crippen molar-refractivity contribution in [1.29, 1.82) is 0 Å². The standard InChI is InChI=1S/C30H33N3O4/c34-29-32(20-21-33(29)25-11-15-28(16-12-25)37-27-7-3-1-4-8-27)24-9-13-26(14-10-24)36-22-19-31-23-30(35)17-5-2-6-18-30/h1,3-4,7-16,20-21,31,35H,2,5-6,17-19,22-23H2. The zero-order valence-corrected chi connectivity index (χ0v) is 20.9. The van der Waals surface area contributed by atoms with E-state index in [0.29, 0.717) is 25.4 Å². The molecule has 1 heterocycles. The van der Waals surface area contributed by atoms with Crippen LogP contribution in [0.5, 0.6) is 17.2 Å². The number of ether oxygens (including phenoxy) is 2. The summed E-state index contributed by atoms with van der Waals surface area (Å²) in [4.78, 5) is 13.1. The number of nitrogens with zero attached hydrogens (tertiary/aromatic N) is 2. The normalized spacial score (nSPS) is 14.8. The molecule has 5 rings (SSSR count). The van der Waals surface area contributed by atoms with Crippen molar-refractivity contribution in [1.82, 2.24) is 14.5 Å². The minimum absolute atomic E-state index is 0.157. The summed E-state index contributed by atoms with van der Waals surface area (Å²) in [5.41, 5.74) is 0.796. The van der Waals surface area contributed by atoms with Crippen LogP contribution >= 0.6 is 0 Å². The summed E-state index contributed by atoms with van der Waals surface area (Å²) in [6.07, 6.45) is 8.68. The smallest absolute Gasteiger partial charge is 0.337 e. The highest BCUT2D eigenvalue weighted by molar-refractivity contribution is 5.41. The van der Waals surface area contributed by atoms with E-state index in [9.17, 15) is 9.90 Å². The van der Waals surface area contributed by atoms with Gasteiger partial charge >= 0.3 is 5.69 Å². The van der Waals surface area contributed by atoms with Crippen molar-refractivity contribution in [3.05, 3.63) is 102 Å². The molecule has 0 unspecified atom stereocenters. The van der Waals surface area contributed by atoms with Crippen molar-refractivity contribution in [2.75, 3.05) is 19.7 Å². The molecule has 0 bridgehead atoms. The average Bonchev–Trinajstić information content (AvgIpc) is 3.31. The molecule has 4 aromatic rings. The number of aromatic nitrogens is 2. The maximum atomic E-state index is 13.1. The van der Waals surface area contributed by atoms with E-state index in [1.165, 1.54) is 6.42 Å². The summed E-state index contributed by atoms with van der Waals surface area (Å²) >= 11 is 0. The van der Waals surface area contributed by atoms with Crippen molar-refractivity contribution in [2.45, 2.75) is 37.7 Å². The van der Waals surface area contributed by atoms with Gasteiger partial charge in [-0.25, -0.2) is 4.79 Å². The first-order valence-electron chi connectivity index (χ1n) is 12.9. The molecule has 7 heteroatoms. The SMILES string of the molecule is O=c1n(-c2ccc(OCCNCC3(O)CCCCC3)cc2)ccn1-c1ccc(Oc2ccccc2)cc1. The summed E-state index contributed by atoms with van der Waals surface area (Å²) in [6, 6.07) is 24.5. The van der Waals surface area contributed by atoms with Gasteiger partial charge < -0.3 is 19.9 Å². The van der Waals surface area contributed by atoms with Crippen LogP contribution in [0.2, 0.25) is 0 Å². The van der Waals surface area contributed by atoms with Crippen molar-refractivity contribution >= 4 is 0 Å². The van der Waals surface area contributed by atoms with Crippen LogP contribution in [0.25, 0.3) is 11.4 Å². The number of hydrogen-bond acceptors (Lipinski definition) is 5. The van der Waals surface area contributed by atoms with Crippen molar-refractivity contribution in [2.24, 2.45) is 0 Å². The Morgan fingerprint density at radius 1 is 0.757 bits per heavy atom. The van der Waals surface area contributed by atoms with Crippen LogP contribution < -0.4 is 20.5 Å². The molecular formula is C30H33N3O4. The second kappa shape index (κ2) is 11.5. The lowest BCUT2D eigenvalue weighted by atomic mass is 9.85. The van der Waals surface area contributed by atoms with E-state index < -0.39 is 5.60 Å². The molecule has 1 saturated carbocycles. The third-order valence-corrected chi connectivity index (χ3v) is 6.77. The number of para-hydroxylation sites is 1. The molecule has 0 spiro atoms. The molecule has 0 aliphatic heterocycles. The first-order valence-corrected chi connectivity index (χ1v) is 12.9. The van der Waals surface area contributed by atoms with Crippen molar-refractivity contribution in [3.8, 4) is 28.6 Å². The van der Waals surface area contributed by atoms with Gasteiger partial charge in [0.05, 0.1) is 17.0 Å². The fourth-order valence-electron chi connectivity index (χ4n) is 4.72. The van der Waals surface area contributed by atoms with Crippen LogP contribution in [0.1, 0.15) is 32.1 Å². The van der Waals surface area contributed by atoms with E-state index in [1.807, 2.05) is 78.9 Å². The number of aliphatic hydroxyl groups is 1. The molecule has 0 atom stereocenters. The van der Waals surface area contributed by atoms with Crippen molar-refractivity contribution < 1.29 is 14.6 Å². The van der Waals surface area contributed by atoms with Crippen LogP contribution in [0, 0.1) is 0 Å². The number of hydrogen-bond donors (Lipinski definition) is 2. The Morgan fingerprint density at radius 2 is 1.32 bits per heavy atom. The fourth-order valence-corrected chi connectivity index (χ4v) is 4.72. The van der Waals surface area contributed by atoms with Gasteiger partial charge in [0.2, 0.25) is 0 Å². The third kappa shape index (κ3) is 6.31. The molecule has 7 nitrogen and oxygen atoms in total. The highest BCUT2D eigenvalue weighted by Gasteiger charge is 2.28. The van der Waals surface area contributed by atoms with Crippen LogP contribution in [0.3, 0.4) is 0 Å². The summed E-state index contributed by atoms with van der Waals surface area (Å²) < 4.78 is 14.9. The molecule has 1 aliphatic carbocycles. The third-order valence-electron chi connectivity index (χ3n) is 6.77. The second-order valence-electron chi connectivity index (χ2n) is 9.53. The van der Waals surface area contributed by atoms with E-state index in [1.54, 1.807) is 21.5 Å². The molecule has 192 valence electrons. The van der Waals surface area contributed by atoms with Gasteiger partial charge in [-0.15, -0.1) is 0 Å². The largest absolute Gasteiger partial charge is 0.492 e. The zero-order chi connectivity index (χ0) is 25.5. The topological polar surface area (TPSA) is 77.6 Å². The van der Waals surface area contributed by atoms with Gasteiger partial charge in [-0.05, 0) is 73.5 Å². The molecule has 1 aliphatic rings. The van der Waals surface area contributed by atoms with E-state index in [-0.39, 0.29) is 5.69 Å². The lowest BCUT2D eigenvalue weighted by molar-refractivity contribution is 0.00457. The van der Waals surface area contributed by atoms with Crippen LogP contribution in [-0.2, 0) is 0 Å². The van der Waals surface area contributed by atoms with Crippen molar-refractivity contribution in [3.63, 3.8) is 0 Å². The fraction of sp³-hybridized carbons (Fsp3) is 0.300. The average molecular weight is 500 g/mol. The van der Waals surface area contributed by atoms with E-state index in [0.717, 1.165) is 48.6 Å². The summed E-state index contributed by atoms with van der Waals surface area (Å²) in [7, 11) is 0. The quantitative estimate of drug-likeness (QED) is 0.298. The first-order chi connectivity index (χ1) is 18.1. The Balaban J connectivity index is 1.15. The van der Waals surface area contributed by atoms with E-state index in [2.05, 4.69) is 5.32 Å². The first kappa shape index (κ1) is 24.9. The predicted octanol–water partition coefficient (Wildman–Crippen LogP) is 5.08. The van der Waals surface area contributed by atoms with Gasteiger partial charge in [0.15, 0.2) is 0 Å². The summed E-state index contributed by atoms with van der Waals surface area (Å²) in [6.45, 7) is 1.79. The Hall–Kier alpha value is -3.81. The number of nitrogens with one attached hydrogen (secondary N) is 1. The Bertz CT molecular complexity index is 1320. The van der Waals surface area contributed by atoms with Gasteiger partial charge in [0.25, 0.3) is 0 Å². The molecule has 0 radical (unpaired) electrons. The van der Waals surface area contributed by atoms with Crippen LogP contribution in [-0.4, -0.2) is 39.5 Å². The Kier molecular flexibility index (Phi) is 7.73. The molecule has 37 heavy (non-hydrogen) atoms. The number of rotatable bonds is 10. The van der Waals surface area contributed by atoms with Gasteiger partial charge in [0.1, 0.15) is 23.9 Å². The lowest BCUT2D eigenvalue weighted by Gasteiger charge is -2.32. The molecule has 2 N–H and O–H groups in total. The van der Waals surface area contributed by atoms with E-state index >= 15 is 0 Å². The molecule has 0 amide bonds.